The normalized spacial score (nSPS) is 18.2. The zero-order chi connectivity index (χ0) is 10.2. The molecule has 1 atom stereocenters. The molecule has 14 heavy (non-hydrogen) atoms. The number of aromatic nitrogens is 2. The van der Waals surface area contributed by atoms with Gasteiger partial charge in [0.15, 0.2) is 11.5 Å². The molecule has 1 unspecified atom stereocenters. The minimum absolute atomic E-state index is 0.244. The van der Waals surface area contributed by atoms with E-state index in [4.69, 9.17) is 5.73 Å². The Kier molecular flexibility index (Phi) is 1.98. The van der Waals surface area contributed by atoms with Gasteiger partial charge in [-0.3, -0.25) is 5.73 Å². The highest BCUT2D eigenvalue weighted by Crippen LogP contribution is 2.15. The van der Waals surface area contributed by atoms with Crippen molar-refractivity contribution >= 4 is 6.08 Å². The van der Waals surface area contributed by atoms with Crippen LogP contribution in [0.4, 0.5) is 0 Å². The molecule has 5 nitrogen and oxygen atoms in total. The third kappa shape index (κ3) is 1.59. The van der Waals surface area contributed by atoms with Crippen LogP contribution in [0.1, 0.15) is 24.0 Å². The Bertz CT molecular complexity index is 381. The lowest BCUT2D eigenvalue weighted by Gasteiger charge is -2.18. The summed E-state index contributed by atoms with van der Waals surface area (Å²) in [5, 5.41) is 12.5. The maximum atomic E-state index is 9.50. The summed E-state index contributed by atoms with van der Waals surface area (Å²) in [4.78, 5) is 8.18. The summed E-state index contributed by atoms with van der Waals surface area (Å²) in [6, 6.07) is 0. The van der Waals surface area contributed by atoms with E-state index in [1.54, 1.807) is 6.20 Å². The van der Waals surface area contributed by atoms with Crippen LogP contribution in [0.2, 0.25) is 0 Å². The molecule has 0 aliphatic carbocycles. The van der Waals surface area contributed by atoms with Crippen LogP contribution in [-0.4, -0.2) is 15.1 Å². The van der Waals surface area contributed by atoms with Gasteiger partial charge in [0.1, 0.15) is 0 Å². The first-order valence-corrected chi connectivity index (χ1v) is 4.35. The molecule has 0 saturated heterocycles. The highest BCUT2D eigenvalue weighted by Gasteiger charge is 2.21. The zero-order valence-electron chi connectivity index (χ0n) is 7.86. The van der Waals surface area contributed by atoms with Gasteiger partial charge in [-0.1, -0.05) is 0 Å². The number of hydrogen-bond acceptors (Lipinski definition) is 5. The number of nitrogens with two attached hydrogens (primary N) is 1. The summed E-state index contributed by atoms with van der Waals surface area (Å²) in [6.45, 7) is 2.10. The van der Waals surface area contributed by atoms with Crippen molar-refractivity contribution in [3.8, 4) is 0 Å². The molecular formula is C9H12N4O. The number of aliphatic hydroxyl groups is 1. The van der Waals surface area contributed by atoms with Crippen LogP contribution in [0.15, 0.2) is 12.4 Å². The van der Waals surface area contributed by atoms with Crippen LogP contribution in [0.3, 0.4) is 0 Å². The second-order valence-corrected chi connectivity index (χ2v) is 3.46. The lowest BCUT2D eigenvalue weighted by molar-refractivity contribution is 0.0547. The highest BCUT2D eigenvalue weighted by atomic mass is 16.3. The fraction of sp³-hybridized carbons (Fsp3) is 0.333. The SMILES string of the molecule is CC(N)(O)c1ncc2c(n1)CNC=C2. The predicted octanol–water partition coefficient (Wildman–Crippen LogP) is -0.326. The van der Waals surface area contributed by atoms with Gasteiger partial charge in [-0.25, -0.2) is 9.97 Å². The summed E-state index contributed by atoms with van der Waals surface area (Å²) in [5.74, 6) is 0.244. The van der Waals surface area contributed by atoms with Gasteiger partial charge in [0, 0.05) is 11.8 Å². The summed E-state index contributed by atoms with van der Waals surface area (Å²) in [6.07, 6.45) is 5.39. The monoisotopic (exact) mass is 192 g/mol. The summed E-state index contributed by atoms with van der Waals surface area (Å²) in [5.41, 5.74) is 5.81. The summed E-state index contributed by atoms with van der Waals surface area (Å²) < 4.78 is 0. The first-order valence-electron chi connectivity index (χ1n) is 4.35. The predicted molar refractivity (Wildman–Crippen MR) is 51.7 cm³/mol. The van der Waals surface area contributed by atoms with Crippen LogP contribution >= 0.6 is 0 Å². The first-order chi connectivity index (χ1) is 6.57. The molecule has 1 aromatic rings. The van der Waals surface area contributed by atoms with E-state index in [0.29, 0.717) is 6.54 Å². The molecule has 1 aliphatic heterocycles. The van der Waals surface area contributed by atoms with Gasteiger partial charge in [-0.15, -0.1) is 0 Å². The maximum Gasteiger partial charge on any atom is 0.175 e. The van der Waals surface area contributed by atoms with Crippen molar-refractivity contribution < 1.29 is 5.11 Å². The number of fused-ring (bicyclic) bond motifs is 1. The van der Waals surface area contributed by atoms with E-state index in [2.05, 4.69) is 15.3 Å². The van der Waals surface area contributed by atoms with Crippen LogP contribution in [0.25, 0.3) is 6.08 Å². The molecule has 0 saturated carbocycles. The number of rotatable bonds is 1. The molecule has 4 N–H and O–H groups in total. The summed E-state index contributed by atoms with van der Waals surface area (Å²) >= 11 is 0. The fourth-order valence-corrected chi connectivity index (χ4v) is 1.26. The molecule has 2 heterocycles. The van der Waals surface area contributed by atoms with Gasteiger partial charge in [-0.05, 0) is 19.2 Å². The molecule has 0 bridgehead atoms. The smallest absolute Gasteiger partial charge is 0.175 e. The van der Waals surface area contributed by atoms with Gasteiger partial charge < -0.3 is 10.4 Å². The molecule has 0 fully saturated rings. The van der Waals surface area contributed by atoms with E-state index in [1.807, 2.05) is 12.3 Å². The van der Waals surface area contributed by atoms with Gasteiger partial charge in [-0.2, -0.15) is 0 Å². The quantitative estimate of drug-likeness (QED) is 0.531. The Hall–Kier alpha value is -1.46. The Morgan fingerprint density at radius 2 is 2.43 bits per heavy atom. The molecule has 0 aromatic carbocycles. The van der Waals surface area contributed by atoms with Crippen LogP contribution < -0.4 is 11.1 Å². The largest absolute Gasteiger partial charge is 0.385 e. The fourth-order valence-electron chi connectivity index (χ4n) is 1.26. The average molecular weight is 192 g/mol. The van der Waals surface area contributed by atoms with E-state index in [0.717, 1.165) is 11.3 Å². The first kappa shape index (κ1) is 9.11. The highest BCUT2D eigenvalue weighted by molar-refractivity contribution is 5.52. The lowest BCUT2D eigenvalue weighted by atomic mass is 10.1. The molecule has 1 aromatic heterocycles. The van der Waals surface area contributed by atoms with Crippen molar-refractivity contribution in [1.82, 2.24) is 15.3 Å². The number of hydrogen-bond donors (Lipinski definition) is 3. The minimum atomic E-state index is -1.48. The molecule has 5 heteroatoms. The van der Waals surface area contributed by atoms with Gasteiger partial charge in [0.05, 0.1) is 12.2 Å². The van der Waals surface area contributed by atoms with E-state index < -0.39 is 5.72 Å². The van der Waals surface area contributed by atoms with E-state index in [1.165, 1.54) is 6.92 Å². The van der Waals surface area contributed by atoms with Crippen LogP contribution in [0.5, 0.6) is 0 Å². The second kappa shape index (κ2) is 3.04. The molecular weight excluding hydrogens is 180 g/mol. The van der Waals surface area contributed by atoms with Crippen molar-refractivity contribution in [2.75, 3.05) is 0 Å². The summed E-state index contributed by atoms with van der Waals surface area (Å²) in [7, 11) is 0. The molecule has 0 spiro atoms. The molecule has 0 radical (unpaired) electrons. The van der Waals surface area contributed by atoms with Crippen molar-refractivity contribution in [3.63, 3.8) is 0 Å². The number of nitrogens with one attached hydrogen (secondary N) is 1. The van der Waals surface area contributed by atoms with E-state index in [-0.39, 0.29) is 5.82 Å². The van der Waals surface area contributed by atoms with Crippen molar-refractivity contribution in [2.45, 2.75) is 19.2 Å². The number of nitrogens with zero attached hydrogens (tertiary/aromatic N) is 2. The van der Waals surface area contributed by atoms with Crippen molar-refractivity contribution in [2.24, 2.45) is 5.73 Å². The standard InChI is InChI=1S/C9H12N4O/c1-9(10,14)8-12-4-6-2-3-11-5-7(6)13-8/h2-4,11,14H,5,10H2,1H3. The zero-order valence-corrected chi connectivity index (χ0v) is 7.86. The Morgan fingerprint density at radius 3 is 3.14 bits per heavy atom. The second-order valence-electron chi connectivity index (χ2n) is 3.46. The third-order valence-corrected chi connectivity index (χ3v) is 2.00. The Balaban J connectivity index is 2.45. The third-order valence-electron chi connectivity index (χ3n) is 2.00. The Morgan fingerprint density at radius 1 is 1.64 bits per heavy atom. The van der Waals surface area contributed by atoms with Crippen molar-refractivity contribution in [1.29, 1.82) is 0 Å². The van der Waals surface area contributed by atoms with E-state index >= 15 is 0 Å². The van der Waals surface area contributed by atoms with Crippen LogP contribution in [-0.2, 0) is 12.3 Å². The molecule has 2 rings (SSSR count). The van der Waals surface area contributed by atoms with E-state index in [9.17, 15) is 5.11 Å². The minimum Gasteiger partial charge on any atom is -0.385 e. The van der Waals surface area contributed by atoms with Crippen molar-refractivity contribution in [3.05, 3.63) is 29.5 Å². The molecule has 74 valence electrons. The molecule has 1 aliphatic rings. The topological polar surface area (TPSA) is 84.1 Å². The van der Waals surface area contributed by atoms with Gasteiger partial charge >= 0.3 is 0 Å². The van der Waals surface area contributed by atoms with Gasteiger partial charge in [0.2, 0.25) is 0 Å². The molecule has 0 amide bonds. The average Bonchev–Trinajstić information content (AvgIpc) is 2.16. The van der Waals surface area contributed by atoms with Crippen LogP contribution in [0, 0.1) is 0 Å². The Labute approximate surface area is 81.7 Å². The maximum absolute atomic E-state index is 9.50. The van der Waals surface area contributed by atoms with Gasteiger partial charge in [0.25, 0.3) is 0 Å². The lowest BCUT2D eigenvalue weighted by Crippen LogP contribution is -2.35.